The summed E-state index contributed by atoms with van der Waals surface area (Å²) >= 11 is 0. The van der Waals surface area contributed by atoms with Crippen LogP contribution in [0.25, 0.3) is 0 Å². The molecule has 0 aromatic carbocycles. The second-order valence-electron chi connectivity index (χ2n) is 4.58. The van der Waals surface area contributed by atoms with E-state index in [4.69, 9.17) is 4.74 Å². The molecule has 0 saturated carbocycles. The fourth-order valence-electron chi connectivity index (χ4n) is 1.77. The SMILES string of the molecule is CCCCCCC1=CC(C)(CC)C(=O)O1. The Morgan fingerprint density at radius 1 is 1.27 bits per heavy atom. The van der Waals surface area contributed by atoms with Crippen molar-refractivity contribution < 1.29 is 9.53 Å². The lowest BCUT2D eigenvalue weighted by atomic mass is 9.88. The van der Waals surface area contributed by atoms with E-state index in [1.807, 2.05) is 19.9 Å². The Kier molecular flexibility index (Phi) is 4.37. The number of esters is 1. The number of carbonyl (C=O) groups excluding carboxylic acids is 1. The average Bonchev–Trinajstić information content (AvgIpc) is 2.51. The fraction of sp³-hybridized carbons (Fsp3) is 0.769. The summed E-state index contributed by atoms with van der Waals surface area (Å²) in [5.41, 5.74) is -0.361. The summed E-state index contributed by atoms with van der Waals surface area (Å²) in [5.74, 6) is 0.816. The zero-order chi connectivity index (χ0) is 11.3. The third-order valence-corrected chi connectivity index (χ3v) is 3.18. The minimum atomic E-state index is -0.361. The average molecular weight is 210 g/mol. The number of hydrogen-bond donors (Lipinski definition) is 0. The van der Waals surface area contributed by atoms with E-state index in [1.165, 1.54) is 19.3 Å². The van der Waals surface area contributed by atoms with Gasteiger partial charge in [0.25, 0.3) is 0 Å². The lowest BCUT2D eigenvalue weighted by Gasteiger charge is -2.12. The normalized spacial score (nSPS) is 25.3. The van der Waals surface area contributed by atoms with Crippen molar-refractivity contribution in [3.8, 4) is 0 Å². The molecule has 0 aliphatic carbocycles. The van der Waals surface area contributed by atoms with Gasteiger partial charge in [0.05, 0.1) is 5.41 Å². The molecule has 0 saturated heterocycles. The molecule has 1 heterocycles. The first-order valence-corrected chi connectivity index (χ1v) is 6.06. The van der Waals surface area contributed by atoms with E-state index in [-0.39, 0.29) is 11.4 Å². The van der Waals surface area contributed by atoms with Crippen molar-refractivity contribution in [1.82, 2.24) is 0 Å². The molecule has 0 aromatic heterocycles. The molecule has 2 nitrogen and oxygen atoms in total. The third kappa shape index (κ3) is 3.08. The van der Waals surface area contributed by atoms with E-state index < -0.39 is 0 Å². The highest BCUT2D eigenvalue weighted by molar-refractivity contribution is 5.82. The molecule has 1 atom stereocenters. The van der Waals surface area contributed by atoms with Crippen LogP contribution in [0.2, 0.25) is 0 Å². The Hall–Kier alpha value is -0.790. The van der Waals surface area contributed by atoms with Gasteiger partial charge in [-0.1, -0.05) is 33.1 Å². The van der Waals surface area contributed by atoms with Crippen LogP contribution < -0.4 is 0 Å². The van der Waals surface area contributed by atoms with Crippen molar-refractivity contribution in [2.75, 3.05) is 0 Å². The van der Waals surface area contributed by atoms with Gasteiger partial charge in [0, 0.05) is 6.42 Å². The van der Waals surface area contributed by atoms with Crippen LogP contribution in [0.5, 0.6) is 0 Å². The molecule has 1 aliphatic heterocycles. The highest BCUT2D eigenvalue weighted by Gasteiger charge is 2.37. The van der Waals surface area contributed by atoms with E-state index in [1.54, 1.807) is 0 Å². The minimum absolute atomic E-state index is 0.0736. The van der Waals surface area contributed by atoms with Gasteiger partial charge in [0.15, 0.2) is 0 Å². The molecule has 1 unspecified atom stereocenters. The maximum atomic E-state index is 11.6. The number of hydrogen-bond acceptors (Lipinski definition) is 2. The van der Waals surface area contributed by atoms with Crippen LogP contribution in [0, 0.1) is 5.41 Å². The van der Waals surface area contributed by atoms with Gasteiger partial charge in [0.1, 0.15) is 5.76 Å². The van der Waals surface area contributed by atoms with Crippen molar-refractivity contribution in [3.63, 3.8) is 0 Å². The number of cyclic esters (lactones) is 1. The summed E-state index contributed by atoms with van der Waals surface area (Å²) in [6, 6.07) is 0. The Bertz CT molecular complexity index is 255. The standard InChI is InChI=1S/C13H22O2/c1-4-6-7-8-9-11-10-13(3,5-2)12(14)15-11/h10H,4-9H2,1-3H3. The molecule has 0 fully saturated rings. The lowest BCUT2D eigenvalue weighted by molar-refractivity contribution is -0.144. The van der Waals surface area contributed by atoms with Gasteiger partial charge in [-0.05, 0) is 25.8 Å². The predicted molar refractivity (Wildman–Crippen MR) is 61.3 cm³/mol. The maximum absolute atomic E-state index is 11.6. The lowest BCUT2D eigenvalue weighted by Crippen LogP contribution is -2.20. The van der Waals surface area contributed by atoms with Crippen molar-refractivity contribution in [2.45, 2.75) is 59.3 Å². The smallest absolute Gasteiger partial charge is 0.320 e. The molecular formula is C13H22O2. The van der Waals surface area contributed by atoms with Gasteiger partial charge in [0.2, 0.25) is 0 Å². The molecule has 86 valence electrons. The van der Waals surface area contributed by atoms with E-state index in [0.29, 0.717) is 0 Å². The molecular weight excluding hydrogens is 188 g/mol. The molecule has 0 spiro atoms. The maximum Gasteiger partial charge on any atom is 0.320 e. The molecule has 2 heteroatoms. The van der Waals surface area contributed by atoms with E-state index >= 15 is 0 Å². The van der Waals surface area contributed by atoms with Crippen molar-refractivity contribution in [3.05, 3.63) is 11.8 Å². The number of unbranched alkanes of at least 4 members (excludes halogenated alkanes) is 3. The van der Waals surface area contributed by atoms with Crippen LogP contribution in [0.1, 0.15) is 59.3 Å². The molecule has 0 bridgehead atoms. The number of allylic oxidation sites excluding steroid dienone is 1. The number of ether oxygens (including phenoxy) is 1. The Balaban J connectivity index is 2.38. The van der Waals surface area contributed by atoms with Gasteiger partial charge in [-0.3, -0.25) is 4.79 Å². The first-order chi connectivity index (χ1) is 7.12. The number of rotatable bonds is 6. The third-order valence-electron chi connectivity index (χ3n) is 3.18. The second-order valence-corrected chi connectivity index (χ2v) is 4.58. The van der Waals surface area contributed by atoms with Gasteiger partial charge in [-0.15, -0.1) is 0 Å². The summed E-state index contributed by atoms with van der Waals surface area (Å²) in [5, 5.41) is 0. The highest BCUT2D eigenvalue weighted by atomic mass is 16.5. The van der Waals surface area contributed by atoms with Crippen molar-refractivity contribution in [2.24, 2.45) is 5.41 Å². The molecule has 1 aliphatic rings. The first kappa shape index (κ1) is 12.3. The van der Waals surface area contributed by atoms with Gasteiger partial charge in [-0.2, -0.15) is 0 Å². The molecule has 0 aromatic rings. The summed E-state index contributed by atoms with van der Waals surface area (Å²) in [6.07, 6.45) is 8.63. The van der Waals surface area contributed by atoms with Crippen LogP contribution in [0.15, 0.2) is 11.8 Å². The summed E-state index contributed by atoms with van der Waals surface area (Å²) in [4.78, 5) is 11.6. The van der Waals surface area contributed by atoms with Gasteiger partial charge in [-0.25, -0.2) is 0 Å². The topological polar surface area (TPSA) is 26.3 Å². The van der Waals surface area contributed by atoms with E-state index in [9.17, 15) is 4.79 Å². The molecule has 15 heavy (non-hydrogen) atoms. The molecule has 0 amide bonds. The Morgan fingerprint density at radius 2 is 2.00 bits per heavy atom. The van der Waals surface area contributed by atoms with E-state index in [0.717, 1.165) is 25.0 Å². The van der Waals surface area contributed by atoms with Crippen LogP contribution in [0.3, 0.4) is 0 Å². The highest BCUT2D eigenvalue weighted by Crippen LogP contribution is 2.35. The quantitative estimate of drug-likeness (QED) is 0.492. The van der Waals surface area contributed by atoms with Crippen LogP contribution in [-0.2, 0) is 9.53 Å². The van der Waals surface area contributed by atoms with Gasteiger partial charge >= 0.3 is 5.97 Å². The molecule has 0 N–H and O–H groups in total. The number of carbonyl (C=O) groups is 1. The largest absolute Gasteiger partial charge is 0.431 e. The summed E-state index contributed by atoms with van der Waals surface area (Å²) in [6.45, 7) is 6.18. The first-order valence-electron chi connectivity index (χ1n) is 6.06. The summed E-state index contributed by atoms with van der Waals surface area (Å²) < 4.78 is 5.27. The fourth-order valence-corrected chi connectivity index (χ4v) is 1.77. The zero-order valence-corrected chi connectivity index (χ0v) is 10.1. The van der Waals surface area contributed by atoms with Crippen LogP contribution in [0.4, 0.5) is 0 Å². The minimum Gasteiger partial charge on any atom is -0.431 e. The monoisotopic (exact) mass is 210 g/mol. The molecule has 0 radical (unpaired) electrons. The second kappa shape index (κ2) is 5.34. The van der Waals surface area contributed by atoms with Crippen molar-refractivity contribution in [1.29, 1.82) is 0 Å². The zero-order valence-electron chi connectivity index (χ0n) is 10.1. The molecule has 1 rings (SSSR count). The van der Waals surface area contributed by atoms with Crippen LogP contribution >= 0.6 is 0 Å². The predicted octanol–water partition coefficient (Wildman–Crippen LogP) is 3.81. The summed E-state index contributed by atoms with van der Waals surface area (Å²) in [7, 11) is 0. The van der Waals surface area contributed by atoms with Crippen molar-refractivity contribution >= 4 is 5.97 Å². The Morgan fingerprint density at radius 3 is 2.53 bits per heavy atom. The Labute approximate surface area is 92.7 Å². The van der Waals surface area contributed by atoms with Gasteiger partial charge < -0.3 is 4.74 Å². The van der Waals surface area contributed by atoms with Crippen LogP contribution in [-0.4, -0.2) is 5.97 Å². The van der Waals surface area contributed by atoms with E-state index in [2.05, 4.69) is 6.92 Å².